The Hall–Kier alpha value is -3.39. The van der Waals surface area contributed by atoms with E-state index in [0.717, 1.165) is 11.1 Å². The lowest BCUT2D eigenvalue weighted by atomic mass is 10.1. The summed E-state index contributed by atoms with van der Waals surface area (Å²) in [4.78, 5) is 28.8. The van der Waals surface area contributed by atoms with Crippen LogP contribution in [0.1, 0.15) is 22.3 Å². The highest BCUT2D eigenvalue weighted by molar-refractivity contribution is 8.01. The van der Waals surface area contributed by atoms with Crippen molar-refractivity contribution in [3.05, 3.63) is 101 Å². The van der Waals surface area contributed by atoms with Crippen molar-refractivity contribution in [2.75, 3.05) is 17.2 Å². The van der Waals surface area contributed by atoms with Crippen molar-refractivity contribution in [3.8, 4) is 0 Å². The summed E-state index contributed by atoms with van der Waals surface area (Å²) in [6.07, 6.45) is 0. The van der Waals surface area contributed by atoms with Crippen LogP contribution in [-0.4, -0.2) is 29.1 Å². The van der Waals surface area contributed by atoms with Gasteiger partial charge >= 0.3 is 6.03 Å². The molecular weight excluding hydrogens is 456 g/mol. The Balaban J connectivity index is 1.47. The molecule has 34 heavy (non-hydrogen) atoms. The highest BCUT2D eigenvalue weighted by Gasteiger charge is 2.59. The molecule has 1 fully saturated rings. The molecular formula is C26H23F2N3O2S. The number of fused-ring (bicyclic) bond motifs is 2. The number of aryl methyl sites for hydroxylation is 1. The van der Waals surface area contributed by atoms with Gasteiger partial charge < -0.3 is 10.2 Å². The SMILES string of the molecule is Cc1cccc(CNC(=O)N2CCSC23C(=O)N(Cc2cccc(F)c2)c2ccc(F)cc23)c1. The largest absolute Gasteiger partial charge is 0.334 e. The summed E-state index contributed by atoms with van der Waals surface area (Å²) in [5.74, 6) is -0.671. The quantitative estimate of drug-likeness (QED) is 0.577. The number of nitrogens with one attached hydrogen (secondary N) is 1. The Bertz CT molecular complexity index is 1280. The number of amides is 3. The van der Waals surface area contributed by atoms with Crippen LogP contribution in [0.3, 0.4) is 0 Å². The Labute approximate surface area is 200 Å². The van der Waals surface area contributed by atoms with E-state index in [2.05, 4.69) is 5.32 Å². The van der Waals surface area contributed by atoms with Gasteiger partial charge in [-0.2, -0.15) is 0 Å². The first-order valence-corrected chi connectivity index (χ1v) is 12.0. The molecule has 3 amide bonds. The van der Waals surface area contributed by atoms with Gasteiger partial charge in [0.15, 0.2) is 4.87 Å². The zero-order chi connectivity index (χ0) is 23.9. The minimum atomic E-state index is -1.36. The molecule has 0 bridgehead atoms. The van der Waals surface area contributed by atoms with E-state index < -0.39 is 16.5 Å². The van der Waals surface area contributed by atoms with Crippen molar-refractivity contribution in [1.82, 2.24) is 10.2 Å². The first-order valence-electron chi connectivity index (χ1n) is 11.0. The lowest BCUT2D eigenvalue weighted by Gasteiger charge is -2.33. The normalized spacial score (nSPS) is 19.1. The van der Waals surface area contributed by atoms with Crippen LogP contribution in [0.2, 0.25) is 0 Å². The number of thioether (sulfide) groups is 1. The lowest BCUT2D eigenvalue weighted by Crippen LogP contribution is -2.53. The van der Waals surface area contributed by atoms with E-state index in [0.29, 0.717) is 35.7 Å². The van der Waals surface area contributed by atoms with E-state index in [-0.39, 0.29) is 18.5 Å². The van der Waals surface area contributed by atoms with Gasteiger partial charge in [-0.05, 0) is 48.4 Å². The molecule has 3 aromatic rings. The number of hydrogen-bond donors (Lipinski definition) is 1. The molecule has 1 saturated heterocycles. The minimum absolute atomic E-state index is 0.121. The fourth-order valence-electron chi connectivity index (χ4n) is 4.66. The summed E-state index contributed by atoms with van der Waals surface area (Å²) in [7, 11) is 0. The third kappa shape index (κ3) is 3.81. The summed E-state index contributed by atoms with van der Waals surface area (Å²) < 4.78 is 28.1. The van der Waals surface area contributed by atoms with Crippen molar-refractivity contribution in [2.24, 2.45) is 0 Å². The number of anilines is 1. The average Bonchev–Trinajstić information content (AvgIpc) is 3.35. The van der Waals surface area contributed by atoms with Crippen molar-refractivity contribution >= 4 is 29.4 Å². The maximum Gasteiger partial charge on any atom is 0.319 e. The van der Waals surface area contributed by atoms with E-state index >= 15 is 0 Å². The Morgan fingerprint density at radius 3 is 2.59 bits per heavy atom. The minimum Gasteiger partial charge on any atom is -0.334 e. The average molecular weight is 480 g/mol. The summed E-state index contributed by atoms with van der Waals surface area (Å²) in [5.41, 5.74) is 3.62. The number of halogens is 2. The van der Waals surface area contributed by atoms with E-state index in [1.165, 1.54) is 45.8 Å². The van der Waals surface area contributed by atoms with Crippen LogP contribution in [0, 0.1) is 18.6 Å². The molecule has 1 atom stereocenters. The molecule has 1 unspecified atom stereocenters. The fourth-order valence-corrected chi connectivity index (χ4v) is 6.11. The molecule has 2 aliphatic heterocycles. The fraction of sp³-hybridized carbons (Fsp3) is 0.231. The maximum absolute atomic E-state index is 14.4. The van der Waals surface area contributed by atoms with Crippen molar-refractivity contribution in [1.29, 1.82) is 0 Å². The van der Waals surface area contributed by atoms with E-state index in [9.17, 15) is 18.4 Å². The summed E-state index contributed by atoms with van der Waals surface area (Å²) in [5, 5.41) is 2.92. The Morgan fingerprint density at radius 2 is 1.79 bits per heavy atom. The van der Waals surface area contributed by atoms with Gasteiger partial charge in [-0.3, -0.25) is 9.69 Å². The molecule has 0 aliphatic carbocycles. The second kappa shape index (κ2) is 8.76. The summed E-state index contributed by atoms with van der Waals surface area (Å²) in [6.45, 7) is 2.76. The number of benzene rings is 3. The second-order valence-electron chi connectivity index (χ2n) is 8.47. The molecule has 0 aromatic heterocycles. The number of carbonyl (C=O) groups is 2. The zero-order valence-corrected chi connectivity index (χ0v) is 19.4. The monoisotopic (exact) mass is 479 g/mol. The Morgan fingerprint density at radius 1 is 1.03 bits per heavy atom. The first-order chi connectivity index (χ1) is 16.4. The standard InChI is InChI=1S/C26H23F2N3O2S/c1-17-4-2-5-18(12-17)15-29-25(33)31-10-11-34-26(31)22-14-21(28)8-9-23(22)30(24(26)32)16-19-6-3-7-20(27)13-19/h2-9,12-14H,10-11,15-16H2,1H3,(H,29,33). The van der Waals surface area contributed by atoms with Gasteiger partial charge in [-0.25, -0.2) is 13.6 Å². The predicted molar refractivity (Wildman–Crippen MR) is 128 cm³/mol. The third-order valence-corrected chi connectivity index (χ3v) is 7.58. The highest BCUT2D eigenvalue weighted by atomic mass is 32.2. The number of nitrogens with zero attached hydrogens (tertiary/aromatic N) is 2. The van der Waals surface area contributed by atoms with Gasteiger partial charge in [0, 0.05) is 24.4 Å². The lowest BCUT2D eigenvalue weighted by molar-refractivity contribution is -0.123. The van der Waals surface area contributed by atoms with Gasteiger partial charge in [0.25, 0.3) is 5.91 Å². The van der Waals surface area contributed by atoms with Gasteiger partial charge in [0.2, 0.25) is 0 Å². The van der Waals surface area contributed by atoms with Crippen LogP contribution in [-0.2, 0) is 22.8 Å². The number of hydrogen-bond acceptors (Lipinski definition) is 3. The van der Waals surface area contributed by atoms with Crippen molar-refractivity contribution < 1.29 is 18.4 Å². The molecule has 5 rings (SSSR count). The molecule has 8 heteroatoms. The Kier molecular flexibility index (Phi) is 5.77. The van der Waals surface area contributed by atoms with Crippen LogP contribution >= 0.6 is 11.8 Å². The maximum atomic E-state index is 14.4. The number of rotatable bonds is 4. The smallest absolute Gasteiger partial charge is 0.319 e. The molecule has 3 aromatic carbocycles. The van der Waals surface area contributed by atoms with E-state index in [1.54, 1.807) is 18.2 Å². The molecule has 0 saturated carbocycles. The highest BCUT2D eigenvalue weighted by Crippen LogP contribution is 2.54. The molecule has 1 N–H and O–H groups in total. The molecule has 174 valence electrons. The van der Waals surface area contributed by atoms with E-state index in [1.807, 2.05) is 31.2 Å². The number of urea groups is 1. The second-order valence-corrected chi connectivity index (χ2v) is 9.76. The van der Waals surface area contributed by atoms with E-state index in [4.69, 9.17) is 0 Å². The molecule has 1 spiro atoms. The number of carbonyl (C=O) groups excluding carboxylic acids is 2. The zero-order valence-electron chi connectivity index (χ0n) is 18.6. The molecule has 0 radical (unpaired) electrons. The van der Waals surface area contributed by atoms with Crippen molar-refractivity contribution in [2.45, 2.75) is 24.9 Å². The van der Waals surface area contributed by atoms with Crippen LogP contribution in [0.5, 0.6) is 0 Å². The summed E-state index contributed by atoms with van der Waals surface area (Å²) >= 11 is 1.32. The molecule has 2 aliphatic rings. The summed E-state index contributed by atoms with van der Waals surface area (Å²) in [6, 6.07) is 17.6. The van der Waals surface area contributed by atoms with Crippen LogP contribution in [0.25, 0.3) is 0 Å². The predicted octanol–water partition coefficient (Wildman–Crippen LogP) is 4.93. The van der Waals surface area contributed by atoms with Gasteiger partial charge in [-0.15, -0.1) is 11.8 Å². The van der Waals surface area contributed by atoms with Gasteiger partial charge in [0.1, 0.15) is 11.6 Å². The molecule has 5 nitrogen and oxygen atoms in total. The van der Waals surface area contributed by atoms with Crippen LogP contribution in [0.4, 0.5) is 19.3 Å². The van der Waals surface area contributed by atoms with Crippen molar-refractivity contribution in [3.63, 3.8) is 0 Å². The molecule has 2 heterocycles. The topological polar surface area (TPSA) is 52.7 Å². The van der Waals surface area contributed by atoms with Gasteiger partial charge in [-0.1, -0.05) is 42.0 Å². The third-order valence-electron chi connectivity index (χ3n) is 6.16. The van der Waals surface area contributed by atoms with Crippen LogP contribution < -0.4 is 10.2 Å². The first kappa shape index (κ1) is 22.4. The van der Waals surface area contributed by atoms with Gasteiger partial charge in [0.05, 0.1) is 12.2 Å². The van der Waals surface area contributed by atoms with Crippen LogP contribution in [0.15, 0.2) is 66.7 Å².